The highest BCUT2D eigenvalue weighted by Crippen LogP contribution is 2.19. The Labute approximate surface area is 128 Å². The van der Waals surface area contributed by atoms with E-state index < -0.39 is 11.9 Å². The number of carbonyl (C=O) groups excluding carboxylic acids is 1. The van der Waals surface area contributed by atoms with Crippen LogP contribution in [0.15, 0.2) is 66.7 Å². The highest BCUT2D eigenvalue weighted by Gasteiger charge is 2.04. The molecule has 0 radical (unpaired) electrons. The molecule has 0 fully saturated rings. The number of carboxylic acids is 1. The van der Waals surface area contributed by atoms with Gasteiger partial charge in [0.1, 0.15) is 5.75 Å². The fourth-order valence-corrected chi connectivity index (χ4v) is 1.74. The third kappa shape index (κ3) is 4.76. The van der Waals surface area contributed by atoms with Gasteiger partial charge in [-0.25, -0.2) is 9.59 Å². The highest BCUT2D eigenvalue weighted by atomic mass is 16.5. The van der Waals surface area contributed by atoms with E-state index in [4.69, 9.17) is 9.84 Å². The molecule has 0 aliphatic heterocycles. The first kappa shape index (κ1) is 15.3. The van der Waals surface area contributed by atoms with Crippen molar-refractivity contribution in [1.82, 2.24) is 0 Å². The average molecular weight is 294 g/mol. The second-order valence-corrected chi connectivity index (χ2v) is 4.37. The number of ether oxygens (including phenoxy) is 1. The van der Waals surface area contributed by atoms with Gasteiger partial charge in [-0.05, 0) is 23.8 Å². The number of hydrogen-bond acceptors (Lipinski definition) is 3. The van der Waals surface area contributed by atoms with E-state index in [9.17, 15) is 9.59 Å². The van der Waals surface area contributed by atoms with Crippen LogP contribution in [0.4, 0.5) is 0 Å². The molecule has 110 valence electrons. The van der Waals surface area contributed by atoms with Crippen LogP contribution in [0.2, 0.25) is 0 Å². The van der Waals surface area contributed by atoms with E-state index >= 15 is 0 Å². The lowest BCUT2D eigenvalue weighted by Gasteiger charge is -2.04. The number of benzene rings is 2. The molecule has 2 aromatic rings. The molecule has 0 spiro atoms. The molecule has 2 aromatic carbocycles. The number of esters is 1. The summed E-state index contributed by atoms with van der Waals surface area (Å²) in [5, 5.41) is 8.65. The van der Waals surface area contributed by atoms with Crippen molar-refractivity contribution in [3.8, 4) is 5.75 Å². The highest BCUT2D eigenvalue weighted by molar-refractivity contribution is 5.90. The summed E-state index contributed by atoms with van der Waals surface area (Å²) in [5.41, 5.74) is 1.41. The average Bonchev–Trinajstić information content (AvgIpc) is 2.53. The van der Waals surface area contributed by atoms with Crippen molar-refractivity contribution >= 4 is 24.1 Å². The van der Waals surface area contributed by atoms with Crippen molar-refractivity contribution in [3.63, 3.8) is 0 Å². The molecule has 2 rings (SSSR count). The predicted molar refractivity (Wildman–Crippen MR) is 84.2 cm³/mol. The first-order valence-corrected chi connectivity index (χ1v) is 6.60. The largest absolute Gasteiger partial charge is 0.478 e. The number of carbonyl (C=O) groups is 2. The Balaban J connectivity index is 2.09. The lowest BCUT2D eigenvalue weighted by Crippen LogP contribution is -2.04. The molecule has 0 saturated carbocycles. The van der Waals surface area contributed by atoms with E-state index in [0.717, 1.165) is 11.6 Å². The third-order valence-electron chi connectivity index (χ3n) is 2.75. The molecule has 1 N–H and O–H groups in total. The summed E-state index contributed by atoms with van der Waals surface area (Å²) in [5.74, 6) is -1.28. The van der Waals surface area contributed by atoms with Crippen molar-refractivity contribution in [2.45, 2.75) is 0 Å². The Morgan fingerprint density at radius 3 is 2.27 bits per heavy atom. The van der Waals surface area contributed by atoms with Gasteiger partial charge in [0.15, 0.2) is 0 Å². The normalized spacial score (nSPS) is 10.9. The summed E-state index contributed by atoms with van der Waals surface area (Å²) in [6.07, 6.45) is 5.35. The van der Waals surface area contributed by atoms with Gasteiger partial charge in [-0.1, -0.05) is 48.5 Å². The molecule has 0 heterocycles. The van der Waals surface area contributed by atoms with E-state index in [1.165, 1.54) is 12.2 Å². The summed E-state index contributed by atoms with van der Waals surface area (Å²) in [4.78, 5) is 22.4. The molecule has 0 aliphatic carbocycles. The monoisotopic (exact) mass is 294 g/mol. The molecule has 22 heavy (non-hydrogen) atoms. The van der Waals surface area contributed by atoms with Crippen molar-refractivity contribution in [2.75, 3.05) is 0 Å². The number of hydrogen-bond donors (Lipinski definition) is 1. The van der Waals surface area contributed by atoms with E-state index in [2.05, 4.69) is 0 Å². The zero-order valence-electron chi connectivity index (χ0n) is 11.7. The van der Waals surface area contributed by atoms with Gasteiger partial charge < -0.3 is 9.84 Å². The van der Waals surface area contributed by atoms with Gasteiger partial charge in [-0.3, -0.25) is 0 Å². The van der Waals surface area contributed by atoms with Crippen molar-refractivity contribution in [3.05, 3.63) is 77.9 Å². The summed E-state index contributed by atoms with van der Waals surface area (Å²) in [7, 11) is 0. The van der Waals surface area contributed by atoms with Gasteiger partial charge in [-0.2, -0.15) is 0 Å². The predicted octanol–water partition coefficient (Wildman–Crippen LogP) is 3.40. The van der Waals surface area contributed by atoms with E-state index in [1.807, 2.05) is 30.3 Å². The minimum atomic E-state index is -1.06. The Morgan fingerprint density at radius 2 is 1.55 bits per heavy atom. The second kappa shape index (κ2) is 7.59. The Morgan fingerprint density at radius 1 is 0.864 bits per heavy atom. The first-order valence-electron chi connectivity index (χ1n) is 6.60. The fraction of sp³-hybridized carbons (Fsp3) is 0. The standard InChI is InChI=1S/C18H14O4/c19-17(20)12-11-15-8-4-5-9-16(15)22-18(21)13-10-14-6-2-1-3-7-14/h1-13H,(H,19,20)/b12-11+,13-10+. The third-order valence-corrected chi connectivity index (χ3v) is 2.75. The summed E-state index contributed by atoms with van der Waals surface area (Å²) in [6.45, 7) is 0. The Bertz CT molecular complexity index is 715. The van der Waals surface area contributed by atoms with Gasteiger partial charge >= 0.3 is 11.9 Å². The van der Waals surface area contributed by atoms with Crippen molar-refractivity contribution in [1.29, 1.82) is 0 Å². The topological polar surface area (TPSA) is 63.6 Å². The lowest BCUT2D eigenvalue weighted by molar-refractivity contribution is -0.131. The van der Waals surface area contributed by atoms with Crippen LogP contribution in [0.5, 0.6) is 5.75 Å². The fourth-order valence-electron chi connectivity index (χ4n) is 1.74. The summed E-state index contributed by atoms with van der Waals surface area (Å²) < 4.78 is 5.23. The van der Waals surface area contributed by atoms with Gasteiger partial charge in [0.25, 0.3) is 0 Å². The lowest BCUT2D eigenvalue weighted by atomic mass is 10.2. The van der Waals surface area contributed by atoms with E-state index in [-0.39, 0.29) is 0 Å². The molecule has 0 bridgehead atoms. The zero-order valence-corrected chi connectivity index (χ0v) is 11.7. The van der Waals surface area contributed by atoms with Crippen LogP contribution < -0.4 is 4.74 Å². The summed E-state index contributed by atoms with van der Waals surface area (Å²) in [6, 6.07) is 16.1. The molecular weight excluding hydrogens is 280 g/mol. The van der Waals surface area contributed by atoms with Gasteiger partial charge in [0, 0.05) is 17.7 Å². The maximum atomic E-state index is 11.8. The zero-order chi connectivity index (χ0) is 15.8. The second-order valence-electron chi connectivity index (χ2n) is 4.37. The van der Waals surface area contributed by atoms with Crippen LogP contribution in [-0.4, -0.2) is 17.0 Å². The molecular formula is C18H14O4. The van der Waals surface area contributed by atoms with Crippen molar-refractivity contribution in [2.24, 2.45) is 0 Å². The number of aliphatic carboxylic acids is 1. The summed E-state index contributed by atoms with van der Waals surface area (Å²) >= 11 is 0. The maximum absolute atomic E-state index is 11.8. The smallest absolute Gasteiger partial charge is 0.336 e. The molecule has 4 nitrogen and oxygen atoms in total. The SMILES string of the molecule is O=C(O)/C=C/c1ccccc1OC(=O)/C=C/c1ccccc1. The van der Waals surface area contributed by atoms with Gasteiger partial charge in [-0.15, -0.1) is 0 Å². The molecule has 0 unspecified atom stereocenters. The molecule has 0 aliphatic rings. The maximum Gasteiger partial charge on any atom is 0.336 e. The van der Waals surface area contributed by atoms with Crippen LogP contribution in [-0.2, 0) is 9.59 Å². The first-order chi connectivity index (χ1) is 10.6. The Kier molecular flexibility index (Phi) is 5.26. The minimum absolute atomic E-state index is 0.308. The van der Waals surface area contributed by atoms with Gasteiger partial charge in [0.2, 0.25) is 0 Å². The number of rotatable bonds is 5. The van der Waals surface area contributed by atoms with E-state index in [1.54, 1.807) is 30.3 Å². The quantitative estimate of drug-likeness (QED) is 0.521. The molecule has 0 amide bonds. The van der Waals surface area contributed by atoms with Crippen LogP contribution >= 0.6 is 0 Å². The minimum Gasteiger partial charge on any atom is -0.478 e. The van der Waals surface area contributed by atoms with Crippen molar-refractivity contribution < 1.29 is 19.4 Å². The van der Waals surface area contributed by atoms with Gasteiger partial charge in [0.05, 0.1) is 0 Å². The Hall–Kier alpha value is -3.14. The molecule has 0 aromatic heterocycles. The molecule has 0 atom stereocenters. The van der Waals surface area contributed by atoms with Crippen LogP contribution in [0.3, 0.4) is 0 Å². The molecule has 0 saturated heterocycles. The van der Waals surface area contributed by atoms with E-state index in [0.29, 0.717) is 11.3 Å². The number of para-hydroxylation sites is 1. The molecule has 4 heteroatoms. The van der Waals surface area contributed by atoms with Crippen LogP contribution in [0.25, 0.3) is 12.2 Å². The number of carboxylic acid groups (broad SMARTS) is 1. The van der Waals surface area contributed by atoms with Crippen LogP contribution in [0, 0.1) is 0 Å². The van der Waals surface area contributed by atoms with Crippen LogP contribution in [0.1, 0.15) is 11.1 Å².